The number of imidazole rings is 2. The molecule has 4 aromatic heterocycles. The minimum Gasteiger partial charge on any atom is -0.453 e. The highest BCUT2D eigenvalue weighted by molar-refractivity contribution is 7.23. The van der Waals surface area contributed by atoms with Crippen molar-refractivity contribution in [1.82, 2.24) is 50.8 Å². The monoisotopic (exact) mass is 738 g/mol. The molecule has 0 spiro atoms. The van der Waals surface area contributed by atoms with Crippen molar-refractivity contribution in [3.63, 3.8) is 0 Å². The molecule has 1 fully saturated rings. The Kier molecular flexibility index (Phi) is 11.0. The Balaban J connectivity index is 1.15. The zero-order valence-corrected chi connectivity index (χ0v) is 32.0. The molecule has 274 valence electrons. The summed E-state index contributed by atoms with van der Waals surface area (Å²) in [5, 5.41) is 11.2. The van der Waals surface area contributed by atoms with Crippen molar-refractivity contribution >= 4 is 55.1 Å². The number of H-pyrrole nitrogens is 2. The number of hydrogen-bond acceptors (Lipinski definition) is 12. The van der Waals surface area contributed by atoms with E-state index in [1.807, 2.05) is 24.9 Å². The van der Waals surface area contributed by atoms with E-state index in [-0.39, 0.29) is 35.9 Å². The average Bonchev–Trinajstić information content (AvgIpc) is 3.91. The van der Waals surface area contributed by atoms with Crippen molar-refractivity contribution in [2.75, 3.05) is 54.8 Å². The van der Waals surface area contributed by atoms with Gasteiger partial charge in [0.25, 0.3) is 0 Å². The van der Waals surface area contributed by atoms with Crippen LogP contribution >= 0.6 is 22.7 Å². The van der Waals surface area contributed by atoms with Gasteiger partial charge in [-0.25, -0.2) is 24.7 Å². The highest BCUT2D eigenvalue weighted by Gasteiger charge is 2.45. The minimum absolute atomic E-state index is 0.0495. The third-order valence-electron chi connectivity index (χ3n) is 9.09. The fraction of sp³-hybridized carbons (Fsp3) is 0.529. The standard InChI is InChI=1S/C34H47N11O4S2/c1-18(2)22(43-34(47)49-8)11-35-14-28-36-12-23(39-28)31-41-20-9-27-21(10-26(20)50-31)42-32(51-27)24-13-37-30(40-24)25-15-45(5,6)17-44(25)33(46)29(19(3)4)38-16-48-7/h9-10,12-13,18-19,22,25,29,35,38H,11,14-17H2,1-8H3,(H2-,36,37,39,40,41,42,43,47)/p+1. The molecule has 3 unspecified atom stereocenters. The molecule has 1 aliphatic rings. The van der Waals surface area contributed by atoms with Crippen molar-refractivity contribution < 1.29 is 23.5 Å². The second kappa shape index (κ2) is 15.3. The summed E-state index contributed by atoms with van der Waals surface area (Å²) in [5.74, 6) is 1.93. The van der Waals surface area contributed by atoms with Crippen LogP contribution < -0.4 is 16.0 Å². The number of likely N-dealkylation sites (N-methyl/N-ethyl adjacent to an activating group) is 1. The van der Waals surface area contributed by atoms with Gasteiger partial charge in [-0.05, 0) is 24.0 Å². The van der Waals surface area contributed by atoms with Gasteiger partial charge < -0.3 is 34.6 Å². The van der Waals surface area contributed by atoms with Gasteiger partial charge in [-0.1, -0.05) is 27.7 Å². The van der Waals surface area contributed by atoms with Crippen LogP contribution in [-0.2, 0) is 20.8 Å². The van der Waals surface area contributed by atoms with E-state index < -0.39 is 6.09 Å². The van der Waals surface area contributed by atoms with Crippen molar-refractivity contribution in [2.24, 2.45) is 11.8 Å². The number of thiazole rings is 2. The number of quaternary nitrogens is 1. The lowest BCUT2D eigenvalue weighted by molar-refractivity contribution is -0.882. The molecule has 5 N–H and O–H groups in total. The molecule has 0 bridgehead atoms. The number of rotatable bonds is 14. The SMILES string of the molecule is COCNC(C(=O)N1C[N+](C)(C)CC1c1ncc(-c2nc3cc4sc(-c5cnc(CNCC(NC(=O)OC)C(C)C)[nH]5)nc4cc3s2)[nH]1)C(C)C. The van der Waals surface area contributed by atoms with Gasteiger partial charge in [0.05, 0.1) is 84.7 Å². The lowest BCUT2D eigenvalue weighted by Crippen LogP contribution is -2.51. The Hall–Kier alpha value is -4.00. The number of methoxy groups -OCH3 is 2. The molecule has 6 rings (SSSR count). The zero-order chi connectivity index (χ0) is 36.4. The van der Waals surface area contributed by atoms with Gasteiger partial charge in [0, 0.05) is 19.7 Å². The Morgan fingerprint density at radius 3 is 2.24 bits per heavy atom. The maximum atomic E-state index is 13.8. The highest BCUT2D eigenvalue weighted by Crippen LogP contribution is 2.37. The number of fused-ring (bicyclic) bond motifs is 2. The first kappa shape index (κ1) is 36.8. The lowest BCUT2D eigenvalue weighted by atomic mass is 10.0. The van der Waals surface area contributed by atoms with Gasteiger partial charge in [0.1, 0.15) is 34.3 Å². The fourth-order valence-corrected chi connectivity index (χ4v) is 8.21. The van der Waals surface area contributed by atoms with Gasteiger partial charge >= 0.3 is 6.09 Å². The number of aromatic nitrogens is 6. The first-order chi connectivity index (χ1) is 24.3. The molecular formula is C34H48N11O4S2+. The number of alkyl carbamates (subject to hydrolysis) is 1. The van der Waals surface area contributed by atoms with E-state index in [2.05, 4.69) is 71.0 Å². The number of aromatic amines is 2. The van der Waals surface area contributed by atoms with Crippen LogP contribution in [0.2, 0.25) is 0 Å². The second-order valence-electron chi connectivity index (χ2n) is 14.3. The number of benzene rings is 1. The van der Waals surface area contributed by atoms with E-state index in [1.165, 1.54) is 7.11 Å². The Labute approximate surface area is 305 Å². The third-order valence-corrected chi connectivity index (χ3v) is 11.2. The van der Waals surface area contributed by atoms with Crippen LogP contribution in [0.15, 0.2) is 24.5 Å². The van der Waals surface area contributed by atoms with E-state index in [4.69, 9.17) is 24.4 Å². The largest absolute Gasteiger partial charge is 0.453 e. The summed E-state index contributed by atoms with van der Waals surface area (Å²) in [5.41, 5.74) is 3.46. The van der Waals surface area contributed by atoms with Gasteiger partial charge in [-0.3, -0.25) is 15.0 Å². The maximum Gasteiger partial charge on any atom is 0.407 e. The van der Waals surface area contributed by atoms with Gasteiger partial charge in [-0.15, -0.1) is 22.7 Å². The number of nitrogens with one attached hydrogen (secondary N) is 5. The van der Waals surface area contributed by atoms with Crippen LogP contribution in [0.5, 0.6) is 0 Å². The van der Waals surface area contributed by atoms with Crippen LogP contribution in [0, 0.1) is 11.8 Å². The number of amides is 2. The zero-order valence-electron chi connectivity index (χ0n) is 30.4. The summed E-state index contributed by atoms with van der Waals surface area (Å²) in [6.45, 7) is 10.9. The molecule has 3 atom stereocenters. The molecule has 0 aliphatic carbocycles. The number of carbonyl (C=O) groups is 2. The quantitative estimate of drug-likeness (QED) is 0.0817. The first-order valence-electron chi connectivity index (χ1n) is 17.1. The molecule has 51 heavy (non-hydrogen) atoms. The number of ether oxygens (including phenoxy) is 2. The van der Waals surface area contributed by atoms with Crippen molar-refractivity contribution in [3.8, 4) is 21.4 Å². The van der Waals surface area contributed by atoms with Crippen LogP contribution in [0.3, 0.4) is 0 Å². The summed E-state index contributed by atoms with van der Waals surface area (Å²) < 4.78 is 12.7. The van der Waals surface area contributed by atoms with Gasteiger partial charge in [-0.2, -0.15) is 0 Å². The van der Waals surface area contributed by atoms with Crippen molar-refractivity contribution in [2.45, 2.75) is 52.4 Å². The summed E-state index contributed by atoms with van der Waals surface area (Å²) in [6.07, 6.45) is 3.18. The minimum atomic E-state index is -0.440. The van der Waals surface area contributed by atoms with Gasteiger partial charge in [0.2, 0.25) is 5.91 Å². The predicted molar refractivity (Wildman–Crippen MR) is 199 cm³/mol. The molecule has 2 amide bonds. The maximum absolute atomic E-state index is 13.8. The fourth-order valence-electron chi connectivity index (χ4n) is 6.32. The molecule has 5 heterocycles. The van der Waals surface area contributed by atoms with E-state index in [9.17, 15) is 9.59 Å². The van der Waals surface area contributed by atoms with Crippen molar-refractivity contribution in [1.29, 1.82) is 0 Å². The molecule has 0 radical (unpaired) electrons. The van der Waals surface area contributed by atoms with Crippen LogP contribution in [0.4, 0.5) is 4.79 Å². The highest BCUT2D eigenvalue weighted by atomic mass is 32.1. The molecule has 0 saturated carbocycles. The number of nitrogens with zero attached hydrogens (tertiary/aromatic N) is 6. The van der Waals surface area contributed by atoms with E-state index in [0.717, 1.165) is 60.0 Å². The Morgan fingerprint density at radius 1 is 0.980 bits per heavy atom. The van der Waals surface area contributed by atoms with Gasteiger partial charge in [0.15, 0.2) is 6.67 Å². The molecule has 17 heteroatoms. The van der Waals surface area contributed by atoms with Crippen LogP contribution in [0.25, 0.3) is 41.8 Å². The Bertz CT molecular complexity index is 1930. The molecule has 1 aliphatic heterocycles. The Morgan fingerprint density at radius 2 is 1.63 bits per heavy atom. The molecule has 1 aromatic carbocycles. The third kappa shape index (κ3) is 8.23. The molecule has 5 aromatic rings. The summed E-state index contributed by atoms with van der Waals surface area (Å²) in [7, 11) is 7.25. The molecular weight excluding hydrogens is 691 g/mol. The average molecular weight is 739 g/mol. The van der Waals surface area contributed by atoms with Crippen LogP contribution in [-0.4, -0.2) is 118 Å². The van der Waals surface area contributed by atoms with Crippen LogP contribution in [0.1, 0.15) is 45.4 Å². The predicted octanol–water partition coefficient (Wildman–Crippen LogP) is 4.29. The van der Waals surface area contributed by atoms with E-state index in [0.29, 0.717) is 31.0 Å². The summed E-state index contributed by atoms with van der Waals surface area (Å²) >= 11 is 3.17. The molecule has 15 nitrogen and oxygen atoms in total. The molecule has 1 saturated heterocycles. The second-order valence-corrected chi connectivity index (χ2v) is 16.4. The van der Waals surface area contributed by atoms with Crippen molar-refractivity contribution in [3.05, 3.63) is 36.2 Å². The number of carbonyl (C=O) groups excluding carboxylic acids is 2. The normalized spacial score (nSPS) is 17.2. The summed E-state index contributed by atoms with van der Waals surface area (Å²) in [4.78, 5) is 53.5. The topological polar surface area (TPSA) is 175 Å². The number of hydrogen-bond donors (Lipinski definition) is 5. The smallest absolute Gasteiger partial charge is 0.407 e. The van der Waals surface area contributed by atoms with E-state index >= 15 is 0 Å². The van der Waals surface area contributed by atoms with E-state index in [1.54, 1.807) is 36.0 Å². The first-order valence-corrected chi connectivity index (χ1v) is 18.7. The lowest BCUT2D eigenvalue weighted by Gasteiger charge is -2.29. The summed E-state index contributed by atoms with van der Waals surface area (Å²) in [6, 6.07) is 3.55.